The molecule has 2 N–H and O–H groups in total. The largest absolute Gasteiger partial charge is 0.481 e. The highest BCUT2D eigenvalue weighted by Gasteiger charge is 2.42. The van der Waals surface area contributed by atoms with Gasteiger partial charge in [0.1, 0.15) is 0 Å². The van der Waals surface area contributed by atoms with Crippen LogP contribution in [0.15, 0.2) is 0 Å². The van der Waals surface area contributed by atoms with Gasteiger partial charge in [0.25, 0.3) is 0 Å². The number of hydrogen-bond donors (Lipinski definition) is 2. The molecule has 0 radical (unpaired) electrons. The van der Waals surface area contributed by atoms with Crippen molar-refractivity contribution in [2.45, 2.75) is 45.7 Å². The van der Waals surface area contributed by atoms with E-state index in [4.69, 9.17) is 5.11 Å². The molecule has 0 saturated heterocycles. The van der Waals surface area contributed by atoms with Gasteiger partial charge in [-0.2, -0.15) is 13.2 Å². The summed E-state index contributed by atoms with van der Waals surface area (Å²) in [6.07, 6.45) is -3.87. The number of carboxylic acids is 1. The molecule has 0 aromatic rings. The van der Waals surface area contributed by atoms with Crippen LogP contribution in [0.2, 0.25) is 0 Å². The van der Waals surface area contributed by atoms with Crippen LogP contribution in [0.3, 0.4) is 0 Å². The molecular formula is C13H20F3NO3. The topological polar surface area (TPSA) is 66.4 Å². The Morgan fingerprint density at radius 2 is 1.65 bits per heavy atom. The second-order valence-corrected chi connectivity index (χ2v) is 6.00. The molecule has 0 atom stereocenters. The summed E-state index contributed by atoms with van der Waals surface area (Å²) in [6.45, 7) is 2.94. The number of carbonyl (C=O) groups excluding carboxylic acids is 1. The van der Waals surface area contributed by atoms with E-state index in [9.17, 15) is 22.8 Å². The van der Waals surface area contributed by atoms with Gasteiger partial charge in [0.15, 0.2) is 0 Å². The summed E-state index contributed by atoms with van der Waals surface area (Å²) < 4.78 is 37.5. The maximum atomic E-state index is 12.5. The molecule has 0 spiro atoms. The van der Waals surface area contributed by atoms with Crippen molar-refractivity contribution in [3.8, 4) is 0 Å². The molecule has 1 rings (SSSR count). The summed E-state index contributed by atoms with van der Waals surface area (Å²) >= 11 is 0. The highest BCUT2D eigenvalue weighted by molar-refractivity contribution is 5.80. The number of carboxylic acid groups (broad SMARTS) is 1. The van der Waals surface area contributed by atoms with Gasteiger partial charge in [0.05, 0.1) is 11.3 Å². The Hall–Kier alpha value is -1.27. The fourth-order valence-corrected chi connectivity index (χ4v) is 2.21. The zero-order valence-electron chi connectivity index (χ0n) is 11.6. The first-order valence-corrected chi connectivity index (χ1v) is 6.62. The zero-order chi connectivity index (χ0) is 15.6. The molecular weight excluding hydrogens is 275 g/mol. The minimum absolute atomic E-state index is 0.0274. The summed E-state index contributed by atoms with van der Waals surface area (Å²) in [5, 5.41) is 11.4. The molecule has 4 nitrogen and oxygen atoms in total. The van der Waals surface area contributed by atoms with Crippen LogP contribution in [0.25, 0.3) is 0 Å². The van der Waals surface area contributed by atoms with E-state index in [0.29, 0.717) is 0 Å². The standard InChI is InChI=1S/C13H20F3NO3/c1-12(2,11(19)20)7-17-10(18)8-3-5-9(6-4-8)13(14,15)16/h8-9H,3-7H2,1-2H3,(H,17,18)(H,19,20). The lowest BCUT2D eigenvalue weighted by Gasteiger charge is -2.29. The third kappa shape index (κ3) is 4.38. The second-order valence-electron chi connectivity index (χ2n) is 6.00. The lowest BCUT2D eigenvalue weighted by atomic mass is 9.81. The number of aliphatic carboxylic acids is 1. The molecule has 1 aliphatic rings. The molecule has 1 aliphatic carbocycles. The van der Waals surface area contributed by atoms with Crippen molar-refractivity contribution in [3.63, 3.8) is 0 Å². The Bertz CT molecular complexity index is 372. The predicted molar refractivity (Wildman–Crippen MR) is 65.9 cm³/mol. The molecule has 7 heteroatoms. The van der Waals surface area contributed by atoms with Crippen LogP contribution in [-0.2, 0) is 9.59 Å². The van der Waals surface area contributed by atoms with E-state index in [-0.39, 0.29) is 38.1 Å². The van der Waals surface area contributed by atoms with Crippen molar-refractivity contribution in [1.82, 2.24) is 5.32 Å². The quantitative estimate of drug-likeness (QED) is 0.837. The lowest BCUT2D eigenvalue weighted by molar-refractivity contribution is -0.184. The number of carbonyl (C=O) groups is 2. The smallest absolute Gasteiger partial charge is 0.391 e. The van der Waals surface area contributed by atoms with Gasteiger partial charge >= 0.3 is 12.1 Å². The molecule has 1 saturated carbocycles. The Morgan fingerprint density at radius 1 is 1.15 bits per heavy atom. The lowest BCUT2D eigenvalue weighted by Crippen LogP contribution is -2.42. The predicted octanol–water partition coefficient (Wildman–Crippen LogP) is 2.58. The van der Waals surface area contributed by atoms with Crippen molar-refractivity contribution in [2.75, 3.05) is 6.54 Å². The molecule has 0 aliphatic heterocycles. The minimum atomic E-state index is -4.19. The summed E-state index contributed by atoms with van der Waals surface area (Å²) in [5.74, 6) is -3.14. The first-order chi connectivity index (χ1) is 9.04. The summed E-state index contributed by atoms with van der Waals surface area (Å²) in [6, 6.07) is 0. The van der Waals surface area contributed by atoms with E-state index in [0.717, 1.165) is 0 Å². The van der Waals surface area contributed by atoms with Crippen molar-refractivity contribution in [1.29, 1.82) is 0 Å². The Kier molecular flexibility index (Phi) is 5.05. The maximum absolute atomic E-state index is 12.5. The van der Waals surface area contributed by atoms with Crippen LogP contribution in [0.5, 0.6) is 0 Å². The van der Waals surface area contributed by atoms with Gasteiger partial charge in [-0.3, -0.25) is 9.59 Å². The molecule has 20 heavy (non-hydrogen) atoms. The first kappa shape index (κ1) is 16.8. The van der Waals surface area contributed by atoms with Gasteiger partial charge in [-0.1, -0.05) is 0 Å². The molecule has 0 unspecified atom stereocenters. The van der Waals surface area contributed by atoms with Crippen LogP contribution in [0.1, 0.15) is 39.5 Å². The summed E-state index contributed by atoms with van der Waals surface area (Å²) in [5.41, 5.74) is -1.08. The second kappa shape index (κ2) is 6.01. The van der Waals surface area contributed by atoms with Crippen molar-refractivity contribution in [2.24, 2.45) is 17.3 Å². The highest BCUT2D eigenvalue weighted by Crippen LogP contribution is 2.39. The molecule has 116 valence electrons. The molecule has 0 aromatic carbocycles. The van der Waals surface area contributed by atoms with Gasteiger partial charge in [0.2, 0.25) is 5.91 Å². The van der Waals surface area contributed by atoms with E-state index in [1.54, 1.807) is 0 Å². The van der Waals surface area contributed by atoms with Crippen LogP contribution in [-0.4, -0.2) is 29.7 Å². The fourth-order valence-electron chi connectivity index (χ4n) is 2.21. The first-order valence-electron chi connectivity index (χ1n) is 6.62. The third-order valence-corrected chi connectivity index (χ3v) is 3.84. The van der Waals surface area contributed by atoms with Crippen LogP contribution in [0, 0.1) is 17.3 Å². The van der Waals surface area contributed by atoms with Gasteiger partial charge in [-0.05, 0) is 39.5 Å². The number of rotatable bonds is 4. The van der Waals surface area contributed by atoms with E-state index in [2.05, 4.69) is 5.32 Å². The summed E-state index contributed by atoms with van der Waals surface area (Å²) in [7, 11) is 0. The Balaban J connectivity index is 2.42. The molecule has 0 heterocycles. The average molecular weight is 295 g/mol. The average Bonchev–Trinajstić information content (AvgIpc) is 2.35. The number of halogens is 3. The van der Waals surface area contributed by atoms with Gasteiger partial charge < -0.3 is 10.4 Å². The van der Waals surface area contributed by atoms with E-state index >= 15 is 0 Å². The van der Waals surface area contributed by atoms with E-state index in [1.807, 2.05) is 0 Å². The normalized spacial score (nSPS) is 24.2. The number of nitrogens with one attached hydrogen (secondary N) is 1. The van der Waals surface area contributed by atoms with Crippen molar-refractivity contribution < 1.29 is 27.9 Å². The van der Waals surface area contributed by atoms with E-state index in [1.165, 1.54) is 13.8 Å². The fraction of sp³-hybridized carbons (Fsp3) is 0.846. The monoisotopic (exact) mass is 295 g/mol. The SMILES string of the molecule is CC(C)(CNC(=O)C1CCC(C(F)(F)F)CC1)C(=O)O. The van der Waals surface area contributed by atoms with Crippen molar-refractivity contribution >= 4 is 11.9 Å². The third-order valence-electron chi connectivity index (χ3n) is 3.84. The molecule has 1 amide bonds. The van der Waals surface area contributed by atoms with E-state index < -0.39 is 29.4 Å². The molecule has 1 fully saturated rings. The van der Waals surface area contributed by atoms with Crippen LogP contribution < -0.4 is 5.32 Å². The highest BCUT2D eigenvalue weighted by atomic mass is 19.4. The number of hydrogen-bond acceptors (Lipinski definition) is 2. The van der Waals surface area contributed by atoms with Crippen LogP contribution >= 0.6 is 0 Å². The zero-order valence-corrected chi connectivity index (χ0v) is 11.6. The number of alkyl halides is 3. The van der Waals surface area contributed by atoms with Gasteiger partial charge in [0, 0.05) is 12.5 Å². The molecule has 0 aromatic heterocycles. The molecule has 0 bridgehead atoms. The maximum Gasteiger partial charge on any atom is 0.391 e. The Labute approximate surface area is 115 Å². The van der Waals surface area contributed by atoms with Crippen LogP contribution in [0.4, 0.5) is 13.2 Å². The van der Waals surface area contributed by atoms with Gasteiger partial charge in [-0.15, -0.1) is 0 Å². The van der Waals surface area contributed by atoms with Crippen molar-refractivity contribution in [3.05, 3.63) is 0 Å². The minimum Gasteiger partial charge on any atom is -0.481 e. The van der Waals surface area contributed by atoms with Gasteiger partial charge in [-0.25, -0.2) is 0 Å². The number of amides is 1. The summed E-state index contributed by atoms with van der Waals surface area (Å²) in [4.78, 5) is 22.7. The Morgan fingerprint density at radius 3 is 2.05 bits per heavy atom.